The Morgan fingerprint density at radius 1 is 1.50 bits per heavy atom. The van der Waals surface area contributed by atoms with Gasteiger partial charge in [-0.25, -0.2) is 0 Å². The molecule has 1 heterocycles. The lowest BCUT2D eigenvalue weighted by Crippen LogP contribution is -2.52. The summed E-state index contributed by atoms with van der Waals surface area (Å²) in [5, 5.41) is 3.73. The molecule has 0 radical (unpaired) electrons. The van der Waals surface area contributed by atoms with E-state index in [0.29, 0.717) is 11.0 Å². The Hall–Kier alpha value is 0.270. The largest absolute Gasteiger partial charge is 0.381 e. The summed E-state index contributed by atoms with van der Waals surface area (Å²) in [6.07, 6.45) is 5.56. The average Bonchev–Trinajstić information content (AvgIpc) is 2.23. The van der Waals surface area contributed by atoms with Crippen LogP contribution >= 0.6 is 11.8 Å². The van der Waals surface area contributed by atoms with Crippen molar-refractivity contribution in [2.45, 2.75) is 43.6 Å². The van der Waals surface area contributed by atoms with Crippen LogP contribution in [0.5, 0.6) is 0 Å². The van der Waals surface area contributed by atoms with Gasteiger partial charge in [0.25, 0.3) is 0 Å². The van der Waals surface area contributed by atoms with Crippen LogP contribution in [0, 0.1) is 5.92 Å². The topological polar surface area (TPSA) is 21.3 Å². The Morgan fingerprint density at radius 3 is 3.00 bits per heavy atom. The molecule has 0 aromatic carbocycles. The van der Waals surface area contributed by atoms with Gasteiger partial charge in [0.15, 0.2) is 0 Å². The lowest BCUT2D eigenvalue weighted by atomic mass is 9.91. The summed E-state index contributed by atoms with van der Waals surface area (Å²) >= 11 is 2.12. The molecule has 14 heavy (non-hydrogen) atoms. The number of rotatable bonds is 1. The second-order valence-corrected chi connectivity index (χ2v) is 6.15. The molecule has 1 saturated carbocycles. The van der Waals surface area contributed by atoms with E-state index in [1.807, 2.05) is 7.11 Å². The molecule has 0 bridgehead atoms. The lowest BCUT2D eigenvalue weighted by Gasteiger charge is -2.44. The maximum atomic E-state index is 5.49. The molecule has 0 aromatic heterocycles. The number of methoxy groups -OCH3 is 1. The lowest BCUT2D eigenvalue weighted by molar-refractivity contribution is 0.0509. The maximum absolute atomic E-state index is 5.49. The summed E-state index contributed by atoms with van der Waals surface area (Å²) < 4.78 is 5.49. The minimum atomic E-state index is 0.353. The molecule has 2 nitrogen and oxygen atoms in total. The zero-order chi connectivity index (χ0) is 10.0. The normalized spacial score (nSPS) is 44.1. The van der Waals surface area contributed by atoms with E-state index in [1.165, 1.54) is 38.0 Å². The van der Waals surface area contributed by atoms with Crippen molar-refractivity contribution in [2.24, 2.45) is 5.92 Å². The molecule has 1 aliphatic carbocycles. The highest BCUT2D eigenvalue weighted by atomic mass is 32.2. The van der Waals surface area contributed by atoms with E-state index in [9.17, 15) is 0 Å². The first-order valence-corrected chi connectivity index (χ1v) is 6.64. The van der Waals surface area contributed by atoms with Gasteiger partial charge in [-0.2, -0.15) is 0 Å². The Balaban J connectivity index is 1.94. The first-order valence-electron chi connectivity index (χ1n) is 5.66. The van der Waals surface area contributed by atoms with Crippen LogP contribution < -0.4 is 5.32 Å². The van der Waals surface area contributed by atoms with E-state index < -0.39 is 0 Å². The summed E-state index contributed by atoms with van der Waals surface area (Å²) in [5.41, 5.74) is 0. The molecular weight excluding hydrogens is 194 g/mol. The van der Waals surface area contributed by atoms with Crippen molar-refractivity contribution < 1.29 is 4.74 Å². The quantitative estimate of drug-likeness (QED) is 0.725. The first kappa shape index (κ1) is 10.8. The third-order valence-electron chi connectivity index (χ3n) is 3.41. The molecule has 3 heteroatoms. The molecule has 3 unspecified atom stereocenters. The van der Waals surface area contributed by atoms with Crippen LogP contribution in [0.1, 0.15) is 32.6 Å². The Morgan fingerprint density at radius 2 is 2.36 bits per heavy atom. The number of ether oxygens (including phenoxy) is 1. The predicted molar refractivity (Wildman–Crippen MR) is 61.6 cm³/mol. The number of hydrogen-bond acceptors (Lipinski definition) is 3. The molecule has 0 aromatic rings. The van der Waals surface area contributed by atoms with Crippen molar-refractivity contribution in [3.63, 3.8) is 0 Å². The van der Waals surface area contributed by atoms with E-state index >= 15 is 0 Å². The van der Waals surface area contributed by atoms with Crippen LogP contribution in [0.3, 0.4) is 0 Å². The third-order valence-corrected chi connectivity index (χ3v) is 5.22. The van der Waals surface area contributed by atoms with Gasteiger partial charge < -0.3 is 10.1 Å². The van der Waals surface area contributed by atoms with Crippen molar-refractivity contribution >= 4 is 11.8 Å². The molecular formula is C11H21NOS. The smallest absolute Gasteiger partial charge is 0.0670 e. The van der Waals surface area contributed by atoms with Gasteiger partial charge in [0, 0.05) is 13.5 Å². The number of hydrogen-bond donors (Lipinski definition) is 1. The fraction of sp³-hybridized carbons (Fsp3) is 1.00. The van der Waals surface area contributed by atoms with Crippen LogP contribution in [0.25, 0.3) is 0 Å². The highest BCUT2D eigenvalue weighted by Crippen LogP contribution is 2.41. The van der Waals surface area contributed by atoms with E-state index in [-0.39, 0.29) is 0 Å². The highest BCUT2D eigenvalue weighted by Gasteiger charge is 2.39. The van der Waals surface area contributed by atoms with Gasteiger partial charge in [-0.3, -0.25) is 0 Å². The van der Waals surface area contributed by atoms with Crippen molar-refractivity contribution in [1.29, 1.82) is 0 Å². The van der Waals surface area contributed by atoms with Crippen molar-refractivity contribution in [3.05, 3.63) is 0 Å². The Kier molecular flexibility index (Phi) is 3.40. The van der Waals surface area contributed by atoms with Crippen LogP contribution in [0.2, 0.25) is 0 Å². The van der Waals surface area contributed by atoms with Crippen LogP contribution in [-0.2, 0) is 4.74 Å². The molecule has 3 atom stereocenters. The molecule has 1 saturated heterocycles. The average molecular weight is 215 g/mol. The molecule has 0 amide bonds. The first-order chi connectivity index (χ1) is 6.74. The van der Waals surface area contributed by atoms with Crippen LogP contribution in [0.4, 0.5) is 0 Å². The van der Waals surface area contributed by atoms with E-state index in [2.05, 4.69) is 24.0 Å². The standard InChI is InChI=1S/C11H21NOS/c1-9-7-12-11(14-8-9)5-3-4-10(6-11)13-2/h9-10,12H,3-8H2,1-2H3. The number of nitrogens with one attached hydrogen (secondary N) is 1. The molecule has 1 N–H and O–H groups in total. The third kappa shape index (κ3) is 2.26. The zero-order valence-corrected chi connectivity index (χ0v) is 10.0. The number of thioether (sulfide) groups is 1. The van der Waals surface area contributed by atoms with Gasteiger partial charge in [-0.1, -0.05) is 6.92 Å². The SMILES string of the molecule is COC1CCCC2(C1)NCC(C)CS2. The van der Waals surface area contributed by atoms with Crippen molar-refractivity contribution in [3.8, 4) is 0 Å². The Labute approximate surface area is 91.2 Å². The maximum Gasteiger partial charge on any atom is 0.0670 e. The zero-order valence-electron chi connectivity index (χ0n) is 9.21. The molecule has 82 valence electrons. The molecule has 2 aliphatic rings. The minimum absolute atomic E-state index is 0.353. The van der Waals surface area contributed by atoms with Crippen LogP contribution in [-0.4, -0.2) is 30.4 Å². The van der Waals surface area contributed by atoms with Crippen LogP contribution in [0.15, 0.2) is 0 Å². The van der Waals surface area contributed by atoms with Crippen molar-refractivity contribution in [1.82, 2.24) is 5.32 Å². The summed E-state index contributed by atoms with van der Waals surface area (Å²) in [6.45, 7) is 3.51. The van der Waals surface area contributed by atoms with Gasteiger partial charge in [-0.05, 0) is 37.5 Å². The van der Waals surface area contributed by atoms with E-state index in [4.69, 9.17) is 4.74 Å². The minimum Gasteiger partial charge on any atom is -0.381 e. The Bertz CT molecular complexity index is 190. The van der Waals surface area contributed by atoms with Gasteiger partial charge in [-0.15, -0.1) is 11.8 Å². The van der Waals surface area contributed by atoms with Gasteiger partial charge in [0.2, 0.25) is 0 Å². The summed E-state index contributed by atoms with van der Waals surface area (Å²) in [7, 11) is 1.85. The van der Waals surface area contributed by atoms with E-state index in [0.717, 1.165) is 5.92 Å². The van der Waals surface area contributed by atoms with E-state index in [1.54, 1.807) is 0 Å². The van der Waals surface area contributed by atoms with Gasteiger partial charge >= 0.3 is 0 Å². The fourth-order valence-electron chi connectivity index (χ4n) is 2.45. The monoisotopic (exact) mass is 215 g/mol. The molecule has 2 fully saturated rings. The molecule has 2 rings (SSSR count). The molecule has 1 spiro atoms. The highest BCUT2D eigenvalue weighted by molar-refractivity contribution is 8.00. The molecule has 1 aliphatic heterocycles. The van der Waals surface area contributed by atoms with Gasteiger partial charge in [0.05, 0.1) is 11.0 Å². The second kappa shape index (κ2) is 4.42. The van der Waals surface area contributed by atoms with Gasteiger partial charge in [0.1, 0.15) is 0 Å². The summed E-state index contributed by atoms with van der Waals surface area (Å²) in [5.74, 6) is 2.14. The summed E-state index contributed by atoms with van der Waals surface area (Å²) in [6, 6.07) is 0. The fourth-order valence-corrected chi connectivity index (χ4v) is 3.95. The second-order valence-electron chi connectivity index (χ2n) is 4.75. The predicted octanol–water partition coefficient (Wildman–Crippen LogP) is 2.24. The van der Waals surface area contributed by atoms with Crippen molar-refractivity contribution in [2.75, 3.05) is 19.4 Å². The summed E-state index contributed by atoms with van der Waals surface area (Å²) in [4.78, 5) is 0.353.